The molecule has 2 heteroatoms. The number of rotatable bonds is 3. The summed E-state index contributed by atoms with van der Waals surface area (Å²) in [5, 5.41) is 1.29. The molecule has 0 amide bonds. The molecule has 3 rings (SSSR count). The summed E-state index contributed by atoms with van der Waals surface area (Å²) in [6, 6.07) is 21.5. The molecule has 0 fully saturated rings. The predicted molar refractivity (Wildman–Crippen MR) is 89.0 cm³/mol. The van der Waals surface area contributed by atoms with Crippen LogP contribution in [0.5, 0.6) is 0 Å². The van der Waals surface area contributed by atoms with Crippen molar-refractivity contribution >= 4 is 22.3 Å². The highest BCUT2D eigenvalue weighted by Gasteiger charge is 2.17. The fourth-order valence-corrected chi connectivity index (χ4v) is 2.87. The van der Waals surface area contributed by atoms with Gasteiger partial charge in [-0.1, -0.05) is 30.3 Å². The number of pyridine rings is 1. The van der Waals surface area contributed by atoms with E-state index in [0.717, 1.165) is 6.54 Å². The van der Waals surface area contributed by atoms with Crippen LogP contribution in [0, 0.1) is 6.92 Å². The van der Waals surface area contributed by atoms with Gasteiger partial charge >= 0.3 is 0 Å². The lowest BCUT2D eigenvalue weighted by Crippen LogP contribution is -2.33. The molecule has 3 aromatic rings. The number of aromatic nitrogens is 1. The molecule has 0 unspecified atom stereocenters. The molecule has 106 valence electrons. The standard InChI is InChI=1S/C19H21N2/c1-4-21(16-10-6-5-7-11-16)19-14-15(2)20(3)18-13-9-8-12-17(18)19/h5-14H,4H2,1-3H3/q+1. The van der Waals surface area contributed by atoms with Crippen LogP contribution in [-0.4, -0.2) is 6.54 Å². The van der Waals surface area contributed by atoms with Crippen molar-refractivity contribution in [2.75, 3.05) is 11.4 Å². The maximum Gasteiger partial charge on any atom is 0.214 e. The Bertz CT molecular complexity index is 763. The summed E-state index contributed by atoms with van der Waals surface area (Å²) >= 11 is 0. The van der Waals surface area contributed by atoms with E-state index in [1.165, 1.54) is 28.0 Å². The first kappa shape index (κ1) is 13.6. The molecule has 0 bridgehead atoms. The molecule has 0 atom stereocenters. The van der Waals surface area contributed by atoms with E-state index >= 15 is 0 Å². The molecule has 0 aliphatic heterocycles. The molecule has 0 aliphatic rings. The van der Waals surface area contributed by atoms with Gasteiger partial charge in [0, 0.05) is 31.3 Å². The van der Waals surface area contributed by atoms with Crippen LogP contribution < -0.4 is 9.47 Å². The van der Waals surface area contributed by atoms with Crippen molar-refractivity contribution in [3.8, 4) is 0 Å². The quantitative estimate of drug-likeness (QED) is 0.653. The van der Waals surface area contributed by atoms with Crippen molar-refractivity contribution in [2.24, 2.45) is 7.05 Å². The van der Waals surface area contributed by atoms with Crippen molar-refractivity contribution in [3.63, 3.8) is 0 Å². The van der Waals surface area contributed by atoms with Crippen LogP contribution in [0.3, 0.4) is 0 Å². The zero-order valence-electron chi connectivity index (χ0n) is 12.9. The summed E-state index contributed by atoms with van der Waals surface area (Å²) in [5.74, 6) is 0. The van der Waals surface area contributed by atoms with Crippen molar-refractivity contribution in [1.29, 1.82) is 0 Å². The number of anilines is 2. The molecular formula is C19H21N2+. The summed E-state index contributed by atoms with van der Waals surface area (Å²) in [7, 11) is 2.13. The second-order valence-corrected chi connectivity index (χ2v) is 5.33. The number of benzene rings is 2. The Morgan fingerprint density at radius 1 is 0.952 bits per heavy atom. The van der Waals surface area contributed by atoms with Crippen molar-refractivity contribution in [1.82, 2.24) is 0 Å². The van der Waals surface area contributed by atoms with E-state index in [9.17, 15) is 0 Å². The number of nitrogens with zero attached hydrogens (tertiary/aromatic N) is 2. The summed E-state index contributed by atoms with van der Waals surface area (Å²) < 4.78 is 2.25. The molecular weight excluding hydrogens is 256 g/mol. The lowest BCUT2D eigenvalue weighted by atomic mass is 10.1. The largest absolute Gasteiger partial charge is 0.341 e. The normalized spacial score (nSPS) is 10.8. The fraction of sp³-hybridized carbons (Fsp3) is 0.211. The molecule has 21 heavy (non-hydrogen) atoms. The third-order valence-electron chi connectivity index (χ3n) is 4.09. The van der Waals surface area contributed by atoms with Crippen LogP contribution in [0.4, 0.5) is 11.4 Å². The predicted octanol–water partition coefficient (Wildman–Crippen LogP) is 4.13. The molecule has 0 saturated carbocycles. The lowest BCUT2D eigenvalue weighted by Gasteiger charge is -2.24. The summed E-state index contributed by atoms with van der Waals surface area (Å²) in [4.78, 5) is 2.37. The van der Waals surface area contributed by atoms with Gasteiger partial charge in [-0.15, -0.1) is 0 Å². The average molecular weight is 277 g/mol. The lowest BCUT2D eigenvalue weighted by molar-refractivity contribution is -0.651. The minimum Gasteiger partial charge on any atom is -0.341 e. The smallest absolute Gasteiger partial charge is 0.214 e. The Morgan fingerprint density at radius 3 is 2.33 bits per heavy atom. The first-order valence-corrected chi connectivity index (χ1v) is 7.43. The molecule has 1 aromatic heterocycles. The molecule has 2 aromatic carbocycles. The van der Waals surface area contributed by atoms with Gasteiger partial charge in [-0.3, -0.25) is 0 Å². The zero-order valence-corrected chi connectivity index (χ0v) is 12.9. The Kier molecular flexibility index (Phi) is 3.61. The van der Waals surface area contributed by atoms with Gasteiger partial charge < -0.3 is 4.90 Å². The average Bonchev–Trinajstić information content (AvgIpc) is 2.54. The Labute approximate surface area is 126 Å². The van der Waals surface area contributed by atoms with Crippen LogP contribution in [0.1, 0.15) is 12.6 Å². The monoisotopic (exact) mass is 277 g/mol. The van der Waals surface area contributed by atoms with Gasteiger partial charge in [-0.05, 0) is 25.1 Å². The van der Waals surface area contributed by atoms with E-state index in [-0.39, 0.29) is 0 Å². The van der Waals surface area contributed by atoms with Gasteiger partial charge in [0.1, 0.15) is 7.05 Å². The molecule has 1 heterocycles. The highest BCUT2D eigenvalue weighted by Crippen LogP contribution is 2.31. The van der Waals surface area contributed by atoms with Gasteiger partial charge in [0.25, 0.3) is 0 Å². The van der Waals surface area contributed by atoms with Crippen molar-refractivity contribution < 1.29 is 4.57 Å². The number of para-hydroxylation sites is 2. The number of hydrogen-bond donors (Lipinski definition) is 0. The first-order valence-electron chi connectivity index (χ1n) is 7.43. The number of hydrogen-bond acceptors (Lipinski definition) is 1. The second kappa shape index (κ2) is 5.57. The van der Waals surface area contributed by atoms with E-state index in [2.05, 4.69) is 91.0 Å². The number of fused-ring (bicyclic) bond motifs is 1. The van der Waals surface area contributed by atoms with Crippen LogP contribution >= 0.6 is 0 Å². The van der Waals surface area contributed by atoms with Gasteiger partial charge in [-0.2, -0.15) is 4.57 Å². The highest BCUT2D eigenvalue weighted by molar-refractivity contribution is 5.92. The van der Waals surface area contributed by atoms with E-state index in [4.69, 9.17) is 0 Å². The molecule has 0 N–H and O–H groups in total. The minimum atomic E-state index is 0.946. The van der Waals surface area contributed by atoms with Crippen LogP contribution in [0.15, 0.2) is 60.7 Å². The highest BCUT2D eigenvalue weighted by atomic mass is 15.1. The second-order valence-electron chi connectivity index (χ2n) is 5.33. The Hall–Kier alpha value is -2.35. The molecule has 0 radical (unpaired) electrons. The van der Waals surface area contributed by atoms with Crippen LogP contribution in [0.25, 0.3) is 10.9 Å². The summed E-state index contributed by atoms with van der Waals surface area (Å²) in [6.45, 7) is 5.31. The van der Waals surface area contributed by atoms with E-state index in [0.29, 0.717) is 0 Å². The fourth-order valence-electron chi connectivity index (χ4n) is 2.87. The third kappa shape index (κ3) is 2.38. The maximum atomic E-state index is 2.37. The van der Waals surface area contributed by atoms with E-state index in [1.807, 2.05) is 0 Å². The first-order chi connectivity index (χ1) is 10.2. The van der Waals surface area contributed by atoms with Crippen LogP contribution in [0.2, 0.25) is 0 Å². The maximum absolute atomic E-state index is 2.37. The Morgan fingerprint density at radius 2 is 1.62 bits per heavy atom. The van der Waals surface area contributed by atoms with E-state index < -0.39 is 0 Å². The van der Waals surface area contributed by atoms with Crippen LogP contribution in [-0.2, 0) is 7.05 Å². The summed E-state index contributed by atoms with van der Waals surface area (Å²) in [6.07, 6.45) is 0. The summed E-state index contributed by atoms with van der Waals surface area (Å²) in [5.41, 5.74) is 5.04. The van der Waals surface area contributed by atoms with Gasteiger partial charge in [0.2, 0.25) is 5.52 Å². The zero-order chi connectivity index (χ0) is 14.8. The molecule has 0 spiro atoms. The molecule has 2 nitrogen and oxygen atoms in total. The topological polar surface area (TPSA) is 7.12 Å². The van der Waals surface area contributed by atoms with Crippen molar-refractivity contribution in [3.05, 3.63) is 66.4 Å². The minimum absolute atomic E-state index is 0.946. The van der Waals surface area contributed by atoms with Gasteiger partial charge in [0.05, 0.1) is 11.1 Å². The third-order valence-corrected chi connectivity index (χ3v) is 4.09. The molecule has 0 saturated heterocycles. The number of aryl methyl sites for hydroxylation is 2. The van der Waals surface area contributed by atoms with Gasteiger partial charge in [-0.25, -0.2) is 0 Å². The van der Waals surface area contributed by atoms with Crippen molar-refractivity contribution in [2.45, 2.75) is 13.8 Å². The Balaban J connectivity index is 2.26. The SMILES string of the molecule is CCN(c1ccccc1)c1cc(C)[n+](C)c2ccccc12. The molecule has 0 aliphatic carbocycles. The van der Waals surface area contributed by atoms with E-state index in [1.54, 1.807) is 0 Å². The van der Waals surface area contributed by atoms with Gasteiger partial charge in [0.15, 0.2) is 5.69 Å².